The first-order chi connectivity index (χ1) is 13.9. The van der Waals surface area contributed by atoms with Crippen molar-refractivity contribution in [2.75, 3.05) is 0 Å². The van der Waals surface area contributed by atoms with E-state index in [1.54, 1.807) is 15.9 Å². The number of carbonyl (C=O) groups excluding carboxylic acids is 2. The van der Waals surface area contributed by atoms with Gasteiger partial charge in [0.05, 0.1) is 23.0 Å². The minimum atomic E-state index is -0.562. The zero-order valence-electron chi connectivity index (χ0n) is 16.1. The van der Waals surface area contributed by atoms with Crippen LogP contribution < -0.4 is 11.1 Å². The molecule has 0 saturated carbocycles. The van der Waals surface area contributed by atoms with Crippen LogP contribution in [0.4, 0.5) is 0 Å². The second kappa shape index (κ2) is 7.59. The molecular formula is C20H20N6O2S. The van der Waals surface area contributed by atoms with E-state index in [-0.39, 0.29) is 11.5 Å². The lowest BCUT2D eigenvalue weighted by molar-refractivity contribution is -0.121. The third-order valence-corrected chi connectivity index (χ3v) is 5.89. The first-order valence-electron chi connectivity index (χ1n) is 9.19. The van der Waals surface area contributed by atoms with Gasteiger partial charge >= 0.3 is 0 Å². The summed E-state index contributed by atoms with van der Waals surface area (Å²) < 4.78 is 2.71. The number of rotatable bonds is 6. The van der Waals surface area contributed by atoms with Crippen molar-refractivity contribution >= 4 is 39.0 Å². The first kappa shape index (κ1) is 19.0. The molecular weight excluding hydrogens is 388 g/mol. The molecule has 148 valence electrons. The van der Waals surface area contributed by atoms with Crippen LogP contribution in [0.3, 0.4) is 0 Å². The molecule has 3 N–H and O–H groups in total. The third kappa shape index (κ3) is 3.68. The van der Waals surface area contributed by atoms with Crippen LogP contribution in [0.2, 0.25) is 0 Å². The number of hydrogen-bond acceptors (Lipinski definition) is 6. The molecule has 1 aromatic carbocycles. The van der Waals surface area contributed by atoms with Gasteiger partial charge in [-0.15, -0.1) is 11.3 Å². The molecule has 0 saturated heterocycles. The molecule has 3 heterocycles. The van der Waals surface area contributed by atoms with E-state index in [1.807, 2.05) is 38.1 Å². The number of nitrogens with one attached hydrogen (secondary N) is 1. The van der Waals surface area contributed by atoms with Gasteiger partial charge in [0, 0.05) is 17.8 Å². The Morgan fingerprint density at radius 2 is 2.00 bits per heavy atom. The fraction of sp³-hybridized carbons (Fsp3) is 0.250. The van der Waals surface area contributed by atoms with Gasteiger partial charge in [0.1, 0.15) is 10.6 Å². The van der Waals surface area contributed by atoms with Crippen molar-refractivity contribution in [1.82, 2.24) is 24.9 Å². The van der Waals surface area contributed by atoms with Crippen molar-refractivity contribution in [2.24, 2.45) is 5.73 Å². The van der Waals surface area contributed by atoms with Crippen LogP contribution in [0.25, 0.3) is 15.9 Å². The number of nitrogens with zero attached hydrogens (tertiary/aromatic N) is 4. The van der Waals surface area contributed by atoms with E-state index in [2.05, 4.69) is 20.4 Å². The fourth-order valence-corrected chi connectivity index (χ4v) is 4.25. The van der Waals surface area contributed by atoms with Gasteiger partial charge in [0.15, 0.2) is 5.65 Å². The Hall–Kier alpha value is -3.33. The minimum Gasteiger partial charge on any atom is -0.365 e. The molecule has 2 amide bonds. The van der Waals surface area contributed by atoms with E-state index in [1.165, 1.54) is 6.20 Å². The summed E-state index contributed by atoms with van der Waals surface area (Å²) in [6.45, 7) is 4.17. The Labute approximate surface area is 170 Å². The van der Waals surface area contributed by atoms with Crippen molar-refractivity contribution in [3.63, 3.8) is 0 Å². The van der Waals surface area contributed by atoms with E-state index in [0.29, 0.717) is 25.0 Å². The van der Waals surface area contributed by atoms with Crippen molar-refractivity contribution in [2.45, 2.75) is 33.2 Å². The smallest absolute Gasteiger partial charge is 0.254 e. The number of fused-ring (bicyclic) bond motifs is 2. The molecule has 3 aromatic heterocycles. The lowest BCUT2D eigenvalue weighted by Gasteiger charge is -2.11. The molecule has 0 atom stereocenters. The number of aromatic nitrogens is 4. The summed E-state index contributed by atoms with van der Waals surface area (Å²) in [5, 5.41) is 8.02. The summed E-state index contributed by atoms with van der Waals surface area (Å²) in [7, 11) is 0. The molecule has 8 nitrogen and oxygen atoms in total. The molecule has 4 rings (SSSR count). The maximum Gasteiger partial charge on any atom is 0.254 e. The number of para-hydroxylation sites is 1. The van der Waals surface area contributed by atoms with E-state index in [0.717, 1.165) is 32.2 Å². The average Bonchev–Trinajstić information content (AvgIpc) is 3.29. The molecule has 4 aromatic rings. The monoisotopic (exact) mass is 408 g/mol. The third-order valence-electron chi connectivity index (χ3n) is 4.85. The number of primary amides is 1. The number of aryl methyl sites for hydroxylation is 2. The predicted molar refractivity (Wildman–Crippen MR) is 111 cm³/mol. The number of benzene rings is 1. The van der Waals surface area contributed by atoms with E-state index >= 15 is 0 Å². The Morgan fingerprint density at radius 1 is 1.21 bits per heavy atom. The highest BCUT2D eigenvalue weighted by Crippen LogP contribution is 2.21. The second-order valence-corrected chi connectivity index (χ2v) is 7.89. The van der Waals surface area contributed by atoms with Crippen LogP contribution in [0.5, 0.6) is 0 Å². The standard InChI is InChI=1S/C20H20N6O2S/c1-11-13(12(2)26-20(24-11)14(9-23-26)19(21)28)7-8-17(27)22-10-18-25-15-5-3-4-6-16(15)29-18/h3-6,9H,7-8,10H2,1-2H3,(H2,21,28)(H,22,27). The van der Waals surface area contributed by atoms with Crippen LogP contribution in [-0.4, -0.2) is 31.4 Å². The summed E-state index contributed by atoms with van der Waals surface area (Å²) in [5.41, 5.74) is 9.60. The van der Waals surface area contributed by atoms with Crippen LogP contribution >= 0.6 is 11.3 Å². The number of nitrogens with two attached hydrogens (primary N) is 1. The van der Waals surface area contributed by atoms with Crippen molar-refractivity contribution in [1.29, 1.82) is 0 Å². The Bertz CT molecular complexity index is 1210. The minimum absolute atomic E-state index is 0.0542. The number of hydrogen-bond donors (Lipinski definition) is 2. The fourth-order valence-electron chi connectivity index (χ4n) is 3.34. The summed E-state index contributed by atoms with van der Waals surface area (Å²) in [4.78, 5) is 32.9. The zero-order chi connectivity index (χ0) is 20.5. The van der Waals surface area contributed by atoms with Crippen molar-refractivity contribution in [3.05, 3.63) is 58.0 Å². The van der Waals surface area contributed by atoms with Crippen LogP contribution in [-0.2, 0) is 17.8 Å². The van der Waals surface area contributed by atoms with E-state index in [4.69, 9.17) is 5.73 Å². The van der Waals surface area contributed by atoms with Gasteiger partial charge in [0.25, 0.3) is 5.91 Å². The van der Waals surface area contributed by atoms with Gasteiger partial charge in [-0.3, -0.25) is 9.59 Å². The number of thiazole rings is 1. The number of amides is 2. The maximum atomic E-state index is 12.3. The lowest BCUT2D eigenvalue weighted by Crippen LogP contribution is -2.23. The predicted octanol–water partition coefficient (Wildman–Crippen LogP) is 2.30. The quantitative estimate of drug-likeness (QED) is 0.508. The van der Waals surface area contributed by atoms with Gasteiger partial charge in [0.2, 0.25) is 5.91 Å². The second-order valence-electron chi connectivity index (χ2n) is 6.77. The summed E-state index contributed by atoms with van der Waals surface area (Å²) in [6.07, 6.45) is 2.27. The van der Waals surface area contributed by atoms with Crippen LogP contribution in [0.1, 0.15) is 38.7 Å². The molecule has 0 bridgehead atoms. The normalized spacial score (nSPS) is 11.2. The van der Waals surface area contributed by atoms with E-state index in [9.17, 15) is 9.59 Å². The molecule has 0 fully saturated rings. The van der Waals surface area contributed by atoms with Gasteiger partial charge < -0.3 is 11.1 Å². The highest BCUT2D eigenvalue weighted by Gasteiger charge is 2.17. The highest BCUT2D eigenvalue weighted by molar-refractivity contribution is 7.18. The van der Waals surface area contributed by atoms with Gasteiger partial charge in [-0.05, 0) is 38.0 Å². The van der Waals surface area contributed by atoms with Gasteiger partial charge in [-0.25, -0.2) is 14.5 Å². The summed E-state index contributed by atoms with van der Waals surface area (Å²) >= 11 is 1.58. The topological polar surface area (TPSA) is 115 Å². The molecule has 9 heteroatoms. The maximum absolute atomic E-state index is 12.3. The summed E-state index contributed by atoms with van der Waals surface area (Å²) in [5.74, 6) is -0.616. The Kier molecular flexibility index (Phi) is 4.98. The average molecular weight is 408 g/mol. The lowest BCUT2D eigenvalue weighted by atomic mass is 10.1. The van der Waals surface area contributed by atoms with Crippen LogP contribution in [0, 0.1) is 13.8 Å². The highest BCUT2D eigenvalue weighted by atomic mass is 32.1. The van der Waals surface area contributed by atoms with E-state index < -0.39 is 5.91 Å². The molecule has 0 aliphatic rings. The molecule has 29 heavy (non-hydrogen) atoms. The Morgan fingerprint density at radius 3 is 2.76 bits per heavy atom. The molecule has 0 aliphatic carbocycles. The van der Waals surface area contributed by atoms with Gasteiger partial charge in [-0.2, -0.15) is 5.10 Å². The summed E-state index contributed by atoms with van der Waals surface area (Å²) in [6, 6.07) is 7.91. The molecule has 0 radical (unpaired) electrons. The molecule has 0 spiro atoms. The van der Waals surface area contributed by atoms with Crippen molar-refractivity contribution < 1.29 is 9.59 Å². The SMILES string of the molecule is Cc1nc2c(C(N)=O)cnn2c(C)c1CCC(=O)NCc1nc2ccccc2s1. The Balaban J connectivity index is 1.43. The first-order valence-corrected chi connectivity index (χ1v) is 10.0. The van der Waals surface area contributed by atoms with Crippen molar-refractivity contribution in [3.8, 4) is 0 Å². The van der Waals surface area contributed by atoms with Crippen LogP contribution in [0.15, 0.2) is 30.5 Å². The number of carbonyl (C=O) groups is 2. The van der Waals surface area contributed by atoms with Gasteiger partial charge in [-0.1, -0.05) is 12.1 Å². The zero-order valence-corrected chi connectivity index (χ0v) is 16.9. The molecule has 0 unspecified atom stereocenters. The molecule has 0 aliphatic heterocycles. The largest absolute Gasteiger partial charge is 0.365 e.